The summed E-state index contributed by atoms with van der Waals surface area (Å²) in [5.74, 6) is 0.896. The first-order chi connectivity index (χ1) is 10.3. The second-order valence-electron chi connectivity index (χ2n) is 4.96. The maximum atomic E-state index is 4.66. The molecule has 0 fully saturated rings. The van der Waals surface area contributed by atoms with Crippen molar-refractivity contribution in [1.82, 2.24) is 15.6 Å². The van der Waals surface area contributed by atoms with Crippen LogP contribution in [0.5, 0.6) is 0 Å². The van der Waals surface area contributed by atoms with E-state index in [0.29, 0.717) is 0 Å². The van der Waals surface area contributed by atoms with Gasteiger partial charge in [0, 0.05) is 26.6 Å². The molecule has 0 saturated heterocycles. The number of nitrogens with one attached hydrogen (secondary N) is 2. The van der Waals surface area contributed by atoms with Gasteiger partial charge in [-0.25, -0.2) is 4.98 Å². The highest BCUT2D eigenvalue weighted by molar-refractivity contribution is 7.18. The zero-order valence-corrected chi connectivity index (χ0v) is 13.7. The fourth-order valence-corrected chi connectivity index (χ4v) is 3.09. The lowest BCUT2D eigenvalue weighted by Gasteiger charge is -2.10. The molecule has 2 rings (SSSR count). The van der Waals surface area contributed by atoms with Crippen LogP contribution >= 0.6 is 11.3 Å². The standard InChI is InChI=1S/C16H24N4S/c1-3-4-11-18-16(17-2)19-12-7-10-15-20-13-8-5-6-9-14(13)21-15/h5-6,8-9H,3-4,7,10-12H2,1-2H3,(H2,17,18,19). The number of benzene rings is 1. The van der Waals surface area contributed by atoms with Gasteiger partial charge in [0.1, 0.15) is 0 Å². The Labute approximate surface area is 130 Å². The number of nitrogens with zero attached hydrogens (tertiary/aromatic N) is 2. The molecule has 0 bridgehead atoms. The molecule has 0 aliphatic carbocycles. The maximum absolute atomic E-state index is 4.66. The third kappa shape index (κ3) is 5.01. The number of hydrogen-bond acceptors (Lipinski definition) is 3. The molecule has 114 valence electrons. The van der Waals surface area contributed by atoms with E-state index in [2.05, 4.69) is 45.7 Å². The van der Waals surface area contributed by atoms with Crippen LogP contribution in [0.1, 0.15) is 31.2 Å². The Morgan fingerprint density at radius 1 is 1.19 bits per heavy atom. The van der Waals surface area contributed by atoms with Gasteiger partial charge in [0.15, 0.2) is 5.96 Å². The Balaban J connectivity index is 1.71. The minimum absolute atomic E-state index is 0.896. The van der Waals surface area contributed by atoms with Crippen molar-refractivity contribution in [2.75, 3.05) is 20.1 Å². The lowest BCUT2D eigenvalue weighted by atomic mass is 10.3. The van der Waals surface area contributed by atoms with Crippen molar-refractivity contribution < 1.29 is 0 Å². The number of rotatable bonds is 7. The van der Waals surface area contributed by atoms with E-state index >= 15 is 0 Å². The van der Waals surface area contributed by atoms with Gasteiger partial charge in [-0.05, 0) is 25.0 Å². The number of unbranched alkanes of at least 4 members (excludes halogenated alkanes) is 1. The van der Waals surface area contributed by atoms with Gasteiger partial charge in [-0.1, -0.05) is 25.5 Å². The molecule has 2 aromatic rings. The maximum Gasteiger partial charge on any atom is 0.190 e. The Kier molecular flexibility index (Phi) is 6.47. The molecule has 0 atom stereocenters. The highest BCUT2D eigenvalue weighted by Crippen LogP contribution is 2.22. The van der Waals surface area contributed by atoms with Crippen LogP contribution in [-0.4, -0.2) is 31.1 Å². The van der Waals surface area contributed by atoms with Gasteiger partial charge in [-0.15, -0.1) is 11.3 Å². The lowest BCUT2D eigenvalue weighted by Crippen LogP contribution is -2.38. The Morgan fingerprint density at radius 2 is 1.95 bits per heavy atom. The van der Waals surface area contributed by atoms with Crippen LogP contribution in [0, 0.1) is 0 Å². The molecule has 0 radical (unpaired) electrons. The van der Waals surface area contributed by atoms with Crippen LogP contribution < -0.4 is 10.6 Å². The third-order valence-corrected chi connectivity index (χ3v) is 4.34. The first-order valence-electron chi connectivity index (χ1n) is 7.62. The van der Waals surface area contributed by atoms with Crippen molar-refractivity contribution in [2.24, 2.45) is 4.99 Å². The first-order valence-corrected chi connectivity index (χ1v) is 8.44. The number of hydrogen-bond donors (Lipinski definition) is 2. The van der Waals surface area contributed by atoms with E-state index in [0.717, 1.165) is 37.4 Å². The molecular weight excluding hydrogens is 280 g/mol. The molecule has 0 aliphatic heterocycles. The molecule has 1 aromatic heterocycles. The molecule has 5 heteroatoms. The molecule has 1 heterocycles. The van der Waals surface area contributed by atoms with Crippen LogP contribution in [0.15, 0.2) is 29.3 Å². The quantitative estimate of drug-likeness (QED) is 0.469. The van der Waals surface area contributed by atoms with Gasteiger partial charge in [-0.2, -0.15) is 0 Å². The first kappa shape index (κ1) is 15.8. The summed E-state index contributed by atoms with van der Waals surface area (Å²) in [5.41, 5.74) is 1.11. The molecule has 0 amide bonds. The van der Waals surface area contributed by atoms with Crippen LogP contribution in [-0.2, 0) is 6.42 Å². The molecule has 21 heavy (non-hydrogen) atoms. The number of aliphatic imine (C=N–C) groups is 1. The summed E-state index contributed by atoms with van der Waals surface area (Å²) in [7, 11) is 1.81. The van der Waals surface area contributed by atoms with Crippen molar-refractivity contribution in [3.8, 4) is 0 Å². The van der Waals surface area contributed by atoms with Gasteiger partial charge in [0.25, 0.3) is 0 Å². The number of aryl methyl sites for hydroxylation is 1. The SMILES string of the molecule is CCCCNC(=NC)NCCCc1nc2ccccc2s1. The normalized spacial score (nSPS) is 11.8. The Hall–Kier alpha value is -1.62. The minimum Gasteiger partial charge on any atom is -0.356 e. The second kappa shape index (κ2) is 8.62. The summed E-state index contributed by atoms with van der Waals surface area (Å²) in [5, 5.41) is 7.88. The summed E-state index contributed by atoms with van der Waals surface area (Å²) in [6.07, 6.45) is 4.45. The summed E-state index contributed by atoms with van der Waals surface area (Å²) in [6.45, 7) is 4.09. The lowest BCUT2D eigenvalue weighted by molar-refractivity contribution is 0.710. The summed E-state index contributed by atoms with van der Waals surface area (Å²) < 4.78 is 1.28. The van der Waals surface area contributed by atoms with Crippen LogP contribution in [0.3, 0.4) is 0 Å². The predicted octanol–water partition coefficient (Wildman–Crippen LogP) is 3.19. The van der Waals surface area contributed by atoms with Gasteiger partial charge in [0.05, 0.1) is 15.2 Å². The topological polar surface area (TPSA) is 49.3 Å². The van der Waals surface area contributed by atoms with Crippen LogP contribution in [0.2, 0.25) is 0 Å². The number of thiazole rings is 1. The van der Waals surface area contributed by atoms with E-state index in [1.807, 2.05) is 13.1 Å². The fourth-order valence-electron chi connectivity index (χ4n) is 2.08. The minimum atomic E-state index is 0.896. The summed E-state index contributed by atoms with van der Waals surface area (Å²) in [4.78, 5) is 8.88. The average Bonchev–Trinajstić information content (AvgIpc) is 2.92. The Morgan fingerprint density at radius 3 is 2.67 bits per heavy atom. The summed E-state index contributed by atoms with van der Waals surface area (Å²) >= 11 is 1.79. The molecule has 4 nitrogen and oxygen atoms in total. The number of guanidine groups is 1. The smallest absolute Gasteiger partial charge is 0.190 e. The van der Waals surface area contributed by atoms with Gasteiger partial charge >= 0.3 is 0 Å². The number of fused-ring (bicyclic) bond motifs is 1. The van der Waals surface area contributed by atoms with Gasteiger partial charge in [0.2, 0.25) is 0 Å². The van der Waals surface area contributed by atoms with Crippen molar-refractivity contribution in [3.05, 3.63) is 29.3 Å². The van der Waals surface area contributed by atoms with E-state index in [1.165, 1.54) is 22.5 Å². The van der Waals surface area contributed by atoms with Crippen molar-refractivity contribution >= 4 is 27.5 Å². The molecule has 0 spiro atoms. The van der Waals surface area contributed by atoms with E-state index in [-0.39, 0.29) is 0 Å². The van der Waals surface area contributed by atoms with E-state index in [9.17, 15) is 0 Å². The van der Waals surface area contributed by atoms with E-state index in [4.69, 9.17) is 0 Å². The van der Waals surface area contributed by atoms with Crippen molar-refractivity contribution in [1.29, 1.82) is 0 Å². The van der Waals surface area contributed by atoms with Gasteiger partial charge in [-0.3, -0.25) is 4.99 Å². The molecule has 2 N–H and O–H groups in total. The molecule has 0 unspecified atom stereocenters. The Bertz CT molecular complexity index is 543. The average molecular weight is 304 g/mol. The predicted molar refractivity (Wildman–Crippen MR) is 92.2 cm³/mol. The monoisotopic (exact) mass is 304 g/mol. The molecule has 0 saturated carbocycles. The second-order valence-corrected chi connectivity index (χ2v) is 6.07. The highest BCUT2D eigenvalue weighted by Gasteiger charge is 2.03. The zero-order valence-electron chi connectivity index (χ0n) is 12.9. The van der Waals surface area contributed by atoms with Crippen LogP contribution in [0.4, 0.5) is 0 Å². The third-order valence-electron chi connectivity index (χ3n) is 3.24. The van der Waals surface area contributed by atoms with Crippen LogP contribution in [0.25, 0.3) is 10.2 Å². The zero-order chi connectivity index (χ0) is 14.9. The highest BCUT2D eigenvalue weighted by atomic mass is 32.1. The van der Waals surface area contributed by atoms with Crippen molar-refractivity contribution in [3.63, 3.8) is 0 Å². The van der Waals surface area contributed by atoms with Gasteiger partial charge < -0.3 is 10.6 Å². The van der Waals surface area contributed by atoms with E-state index in [1.54, 1.807) is 11.3 Å². The number of aromatic nitrogens is 1. The summed E-state index contributed by atoms with van der Waals surface area (Å²) in [6, 6.07) is 8.32. The molecule has 0 aliphatic rings. The van der Waals surface area contributed by atoms with E-state index < -0.39 is 0 Å². The molecule has 1 aromatic carbocycles. The number of para-hydroxylation sites is 1. The molecular formula is C16H24N4S. The largest absolute Gasteiger partial charge is 0.356 e. The van der Waals surface area contributed by atoms with Crippen molar-refractivity contribution in [2.45, 2.75) is 32.6 Å². The fraction of sp³-hybridized carbons (Fsp3) is 0.500.